The first-order chi connectivity index (χ1) is 22.3. The van der Waals surface area contributed by atoms with Crippen molar-refractivity contribution < 1.29 is 19.4 Å². The molecule has 240 valence electrons. The fourth-order valence-corrected chi connectivity index (χ4v) is 6.08. The van der Waals surface area contributed by atoms with Gasteiger partial charge < -0.3 is 30.5 Å². The molecule has 1 saturated carbocycles. The molecule has 0 unspecified atom stereocenters. The van der Waals surface area contributed by atoms with E-state index in [9.17, 15) is 9.90 Å². The molecule has 4 aromatic rings. The third-order valence-corrected chi connectivity index (χ3v) is 9.01. The van der Waals surface area contributed by atoms with Crippen LogP contribution in [0.3, 0.4) is 0 Å². The summed E-state index contributed by atoms with van der Waals surface area (Å²) in [5.41, 5.74) is 4.57. The van der Waals surface area contributed by atoms with Crippen LogP contribution in [0.15, 0.2) is 48.8 Å². The Hall–Kier alpha value is -3.87. The monoisotopic (exact) mass is 663 g/mol. The standard InChI is InChI=1S/C33H35Cl2N7O4/c1-45-31-26(14-36-13-19-9-10-28(43)40-19)38-16-24(41-31)22-7-3-5-20(29(22)34)21-6-4-8-23(30(21)35)25-17-39-27(32(42-25)46-2)15-37-18-33(44)11-12-33/h3-8,16-17,19,36-37,44H,9-15,18H2,1-2H3,(H,40,43)/t19-/m0/s1. The van der Waals surface area contributed by atoms with E-state index < -0.39 is 5.60 Å². The Morgan fingerprint density at radius 2 is 1.39 bits per heavy atom. The van der Waals surface area contributed by atoms with E-state index in [0.717, 1.165) is 30.4 Å². The van der Waals surface area contributed by atoms with Crippen molar-refractivity contribution in [3.8, 4) is 45.4 Å². The van der Waals surface area contributed by atoms with Crippen molar-refractivity contribution >= 4 is 29.1 Å². The van der Waals surface area contributed by atoms with Crippen LogP contribution in [-0.4, -0.2) is 69.9 Å². The molecule has 6 rings (SSSR count). The van der Waals surface area contributed by atoms with Crippen molar-refractivity contribution in [1.82, 2.24) is 35.9 Å². The molecular formula is C33H35Cl2N7O4. The Labute approximate surface area is 277 Å². The maximum absolute atomic E-state index is 11.5. The predicted octanol–water partition coefficient (Wildman–Crippen LogP) is 4.57. The maximum Gasteiger partial charge on any atom is 0.237 e. The first kappa shape index (κ1) is 32.1. The van der Waals surface area contributed by atoms with Crippen molar-refractivity contribution in [1.29, 1.82) is 0 Å². The lowest BCUT2D eigenvalue weighted by atomic mass is 9.98. The normalized spacial score (nSPS) is 16.7. The largest absolute Gasteiger partial charge is 0.480 e. The zero-order valence-corrected chi connectivity index (χ0v) is 27.1. The number of aromatic nitrogens is 4. The van der Waals surface area contributed by atoms with Crippen molar-refractivity contribution in [2.45, 2.75) is 50.4 Å². The summed E-state index contributed by atoms with van der Waals surface area (Å²) < 4.78 is 11.1. The highest BCUT2D eigenvalue weighted by Crippen LogP contribution is 2.42. The molecule has 0 spiro atoms. The Kier molecular flexibility index (Phi) is 9.67. The van der Waals surface area contributed by atoms with Crippen LogP contribution in [0.5, 0.6) is 11.8 Å². The summed E-state index contributed by atoms with van der Waals surface area (Å²) in [5.74, 6) is 0.848. The Morgan fingerprint density at radius 3 is 1.87 bits per heavy atom. The molecule has 2 aromatic heterocycles. The molecule has 1 aliphatic carbocycles. The Balaban J connectivity index is 1.22. The van der Waals surface area contributed by atoms with Gasteiger partial charge in [-0.05, 0) is 19.3 Å². The van der Waals surface area contributed by atoms with Crippen molar-refractivity contribution in [3.63, 3.8) is 0 Å². The zero-order chi connectivity index (χ0) is 32.3. The van der Waals surface area contributed by atoms with Crippen LogP contribution in [0, 0.1) is 0 Å². The van der Waals surface area contributed by atoms with Gasteiger partial charge in [0.05, 0.1) is 53.6 Å². The minimum Gasteiger partial charge on any atom is -0.480 e. The number of benzene rings is 2. The number of carbonyl (C=O) groups is 1. The highest BCUT2D eigenvalue weighted by Gasteiger charge is 2.39. The quantitative estimate of drug-likeness (QED) is 0.161. The average Bonchev–Trinajstić information content (AvgIpc) is 3.66. The van der Waals surface area contributed by atoms with Crippen LogP contribution in [0.1, 0.15) is 37.1 Å². The second-order valence-corrected chi connectivity index (χ2v) is 12.3. The van der Waals surface area contributed by atoms with Crippen molar-refractivity contribution in [2.24, 2.45) is 0 Å². The van der Waals surface area contributed by atoms with Crippen LogP contribution in [0.2, 0.25) is 10.0 Å². The number of halogens is 2. The SMILES string of the molecule is COc1nc(-c2cccc(-c3cccc(-c4cnc(CNCC5(O)CC5)c(OC)n4)c3Cl)c2Cl)cnc1CNC[C@@H]1CCC(=O)N1. The van der Waals surface area contributed by atoms with Crippen LogP contribution in [-0.2, 0) is 17.9 Å². The number of nitrogens with one attached hydrogen (secondary N) is 3. The van der Waals surface area contributed by atoms with Crippen molar-refractivity contribution in [3.05, 3.63) is 70.2 Å². The summed E-state index contributed by atoms with van der Waals surface area (Å²) in [4.78, 5) is 30.1. The lowest BCUT2D eigenvalue weighted by Crippen LogP contribution is -2.35. The lowest BCUT2D eigenvalue weighted by molar-refractivity contribution is -0.119. The molecule has 46 heavy (non-hydrogen) atoms. The van der Waals surface area contributed by atoms with E-state index in [1.54, 1.807) is 26.6 Å². The van der Waals surface area contributed by atoms with E-state index in [1.807, 2.05) is 36.4 Å². The van der Waals surface area contributed by atoms with Crippen LogP contribution in [0.25, 0.3) is 33.6 Å². The number of ether oxygens (including phenoxy) is 2. The average molecular weight is 665 g/mol. The number of methoxy groups -OCH3 is 2. The van der Waals surface area contributed by atoms with E-state index >= 15 is 0 Å². The van der Waals surface area contributed by atoms with E-state index in [0.29, 0.717) is 88.3 Å². The molecule has 1 atom stereocenters. The Bertz CT molecular complexity index is 1750. The first-order valence-corrected chi connectivity index (χ1v) is 15.9. The van der Waals surface area contributed by atoms with E-state index in [2.05, 4.69) is 30.9 Å². The second kappa shape index (κ2) is 13.9. The van der Waals surface area contributed by atoms with Gasteiger partial charge in [0.25, 0.3) is 0 Å². The molecule has 0 radical (unpaired) electrons. The molecule has 13 heteroatoms. The molecule has 3 heterocycles. The predicted molar refractivity (Wildman–Crippen MR) is 176 cm³/mol. The molecular weight excluding hydrogens is 629 g/mol. The van der Waals surface area contributed by atoms with Gasteiger partial charge in [-0.1, -0.05) is 59.6 Å². The maximum atomic E-state index is 11.5. The minimum absolute atomic E-state index is 0.0817. The molecule has 2 aromatic carbocycles. The molecule has 2 fully saturated rings. The fraction of sp³-hybridized carbons (Fsp3) is 0.364. The van der Waals surface area contributed by atoms with E-state index in [1.165, 1.54) is 0 Å². The van der Waals surface area contributed by atoms with Gasteiger partial charge in [0.15, 0.2) is 0 Å². The zero-order valence-electron chi connectivity index (χ0n) is 25.6. The van der Waals surface area contributed by atoms with E-state index in [4.69, 9.17) is 37.7 Å². The van der Waals surface area contributed by atoms with Gasteiger partial charge in [-0.15, -0.1) is 0 Å². The van der Waals surface area contributed by atoms with Gasteiger partial charge in [0.2, 0.25) is 17.7 Å². The number of hydrogen-bond acceptors (Lipinski definition) is 10. The van der Waals surface area contributed by atoms with Gasteiger partial charge in [0, 0.05) is 60.9 Å². The van der Waals surface area contributed by atoms with E-state index in [-0.39, 0.29) is 11.9 Å². The molecule has 4 N–H and O–H groups in total. The summed E-state index contributed by atoms with van der Waals surface area (Å²) in [7, 11) is 3.10. The smallest absolute Gasteiger partial charge is 0.237 e. The third-order valence-electron chi connectivity index (χ3n) is 8.19. The van der Waals surface area contributed by atoms with Gasteiger partial charge in [-0.25, -0.2) is 9.97 Å². The van der Waals surface area contributed by atoms with Gasteiger partial charge >= 0.3 is 0 Å². The number of hydrogen-bond donors (Lipinski definition) is 4. The summed E-state index contributed by atoms with van der Waals surface area (Å²) in [5, 5.41) is 20.5. The number of carbonyl (C=O) groups excluding carboxylic acids is 1. The topological polar surface area (TPSA) is 143 Å². The number of amides is 1. The number of aliphatic hydroxyl groups is 1. The summed E-state index contributed by atoms with van der Waals surface area (Å²) >= 11 is 14.0. The lowest BCUT2D eigenvalue weighted by Gasteiger charge is -2.15. The highest BCUT2D eigenvalue weighted by atomic mass is 35.5. The van der Waals surface area contributed by atoms with Crippen LogP contribution in [0.4, 0.5) is 0 Å². The number of nitrogens with zero attached hydrogens (tertiary/aromatic N) is 4. The fourth-order valence-electron chi connectivity index (χ4n) is 5.43. The third kappa shape index (κ3) is 7.08. The Morgan fingerprint density at radius 1 is 0.870 bits per heavy atom. The van der Waals surface area contributed by atoms with Gasteiger partial charge in [0.1, 0.15) is 11.4 Å². The first-order valence-electron chi connectivity index (χ1n) is 15.1. The molecule has 2 aliphatic rings. The summed E-state index contributed by atoms with van der Waals surface area (Å²) in [6.07, 6.45) is 6.31. The minimum atomic E-state index is -0.608. The van der Waals surface area contributed by atoms with Crippen LogP contribution >= 0.6 is 23.2 Å². The molecule has 1 aliphatic heterocycles. The van der Waals surface area contributed by atoms with Gasteiger partial charge in [-0.3, -0.25) is 14.8 Å². The van der Waals surface area contributed by atoms with Crippen LogP contribution < -0.4 is 25.4 Å². The van der Waals surface area contributed by atoms with Crippen molar-refractivity contribution in [2.75, 3.05) is 27.3 Å². The molecule has 1 amide bonds. The second-order valence-electron chi connectivity index (χ2n) is 11.5. The molecule has 11 nitrogen and oxygen atoms in total. The van der Waals surface area contributed by atoms with Gasteiger partial charge in [-0.2, -0.15) is 0 Å². The molecule has 0 bridgehead atoms. The summed E-state index contributed by atoms with van der Waals surface area (Å²) in [6.45, 7) is 1.99. The number of rotatable bonds is 13. The molecule has 1 saturated heterocycles. The summed E-state index contributed by atoms with van der Waals surface area (Å²) in [6, 6.07) is 11.4. The highest BCUT2D eigenvalue weighted by molar-refractivity contribution is 6.39.